The molecule has 67 valence electrons. The minimum absolute atomic E-state index is 0.300. The Morgan fingerprint density at radius 2 is 2.15 bits per heavy atom. The first-order chi connectivity index (χ1) is 6.20. The second kappa shape index (κ2) is 2.73. The number of hydrogen-bond acceptors (Lipinski definition) is 3. The Balaban J connectivity index is 2.38. The quantitative estimate of drug-likeness (QED) is 0.524. The lowest BCUT2D eigenvalue weighted by Gasteiger charge is -2.06. The van der Waals surface area contributed by atoms with Crippen molar-refractivity contribution in [2.45, 2.75) is 12.1 Å². The molecule has 1 aromatic carbocycles. The maximum Gasteiger partial charge on any atom is 0.291 e. The Hall–Kier alpha value is -1.58. The van der Waals surface area contributed by atoms with Crippen LogP contribution in [0.3, 0.4) is 0 Å². The third-order valence-corrected chi connectivity index (χ3v) is 2.27. The second-order valence-corrected chi connectivity index (χ2v) is 3.07. The smallest absolute Gasteiger partial charge is 0.291 e. The monoisotopic (exact) mass is 177 g/mol. The number of benzene rings is 1. The fourth-order valence-electron chi connectivity index (χ4n) is 1.58. The zero-order chi connectivity index (χ0) is 9.42. The van der Waals surface area contributed by atoms with Crippen LogP contribution in [0.1, 0.15) is 11.5 Å². The van der Waals surface area contributed by atoms with E-state index in [-0.39, 0.29) is 10.8 Å². The first-order valence-corrected chi connectivity index (χ1v) is 4.02. The average Bonchev–Trinajstić information content (AvgIpc) is 2.45. The highest BCUT2D eigenvalue weighted by Gasteiger charge is 2.36. The van der Waals surface area contributed by atoms with Gasteiger partial charge in [-0.15, -0.1) is 0 Å². The van der Waals surface area contributed by atoms with Crippen LogP contribution in [0.5, 0.6) is 0 Å². The second-order valence-electron chi connectivity index (χ2n) is 3.07. The van der Waals surface area contributed by atoms with E-state index in [4.69, 9.17) is 0 Å². The Bertz CT molecular complexity index is 351. The number of hydrogen-bond donors (Lipinski definition) is 1. The molecule has 0 aromatic heterocycles. The Kier molecular flexibility index (Phi) is 1.69. The van der Waals surface area contributed by atoms with Gasteiger partial charge in [-0.25, -0.2) is 0 Å². The maximum absolute atomic E-state index is 10.6. The topological polar surface area (TPSA) is 55.2 Å². The van der Waals surface area contributed by atoms with E-state index < -0.39 is 6.17 Å². The van der Waals surface area contributed by atoms with E-state index in [0.717, 1.165) is 11.3 Å². The van der Waals surface area contributed by atoms with Crippen molar-refractivity contribution in [3.63, 3.8) is 0 Å². The molecule has 1 heterocycles. The molecule has 4 nitrogen and oxygen atoms in total. The van der Waals surface area contributed by atoms with Gasteiger partial charge in [0.1, 0.15) is 0 Å². The molecule has 0 saturated heterocycles. The van der Waals surface area contributed by atoms with Crippen LogP contribution >= 0.6 is 0 Å². The molecule has 0 fully saturated rings. The SMILES string of the molecule is [CH2]C1c2ccccc2NC1[N+](=O)[O-]. The minimum Gasteiger partial charge on any atom is -0.323 e. The lowest BCUT2D eigenvalue weighted by molar-refractivity contribution is -0.515. The van der Waals surface area contributed by atoms with Gasteiger partial charge in [-0.1, -0.05) is 18.2 Å². The number of anilines is 1. The summed E-state index contributed by atoms with van der Waals surface area (Å²) in [5, 5.41) is 13.4. The van der Waals surface area contributed by atoms with Crippen LogP contribution in [-0.2, 0) is 0 Å². The van der Waals surface area contributed by atoms with Gasteiger partial charge in [-0.3, -0.25) is 10.1 Å². The number of nitrogens with zero attached hydrogens (tertiary/aromatic N) is 1. The van der Waals surface area contributed by atoms with E-state index in [0.29, 0.717) is 0 Å². The Morgan fingerprint density at radius 1 is 1.46 bits per heavy atom. The van der Waals surface area contributed by atoms with Crippen LogP contribution in [0.4, 0.5) is 5.69 Å². The average molecular weight is 177 g/mol. The van der Waals surface area contributed by atoms with Gasteiger partial charge in [0, 0.05) is 10.6 Å². The maximum atomic E-state index is 10.6. The molecule has 13 heavy (non-hydrogen) atoms. The number of fused-ring (bicyclic) bond motifs is 1. The summed E-state index contributed by atoms with van der Waals surface area (Å²) in [4.78, 5) is 10.2. The third kappa shape index (κ3) is 1.14. The van der Waals surface area contributed by atoms with E-state index >= 15 is 0 Å². The predicted octanol–water partition coefficient (Wildman–Crippen LogP) is 1.63. The summed E-state index contributed by atoms with van der Waals surface area (Å²) >= 11 is 0. The molecule has 4 heteroatoms. The van der Waals surface area contributed by atoms with Crippen LogP contribution in [0, 0.1) is 17.0 Å². The number of rotatable bonds is 1. The van der Waals surface area contributed by atoms with E-state index in [2.05, 4.69) is 12.2 Å². The molecule has 1 aromatic rings. The Morgan fingerprint density at radius 3 is 2.77 bits per heavy atom. The van der Waals surface area contributed by atoms with E-state index in [1.165, 1.54) is 0 Å². The molecule has 1 aliphatic rings. The highest BCUT2D eigenvalue weighted by Crippen LogP contribution is 2.34. The minimum atomic E-state index is -0.780. The van der Waals surface area contributed by atoms with E-state index in [1.54, 1.807) is 0 Å². The van der Waals surface area contributed by atoms with Crippen LogP contribution < -0.4 is 5.32 Å². The van der Waals surface area contributed by atoms with Gasteiger partial charge in [0.05, 0.1) is 5.92 Å². The molecule has 0 spiro atoms. The molecule has 2 atom stereocenters. The van der Waals surface area contributed by atoms with Gasteiger partial charge < -0.3 is 5.32 Å². The zero-order valence-electron chi connectivity index (χ0n) is 6.93. The van der Waals surface area contributed by atoms with Crippen molar-refractivity contribution < 1.29 is 4.92 Å². The standard InChI is InChI=1S/C9H9N2O2/c1-6-7-4-2-3-5-8(7)10-9(6)11(12)13/h2-6,9-10H,1H2. The summed E-state index contributed by atoms with van der Waals surface area (Å²) in [6.45, 7) is 3.78. The van der Waals surface area contributed by atoms with E-state index in [9.17, 15) is 10.1 Å². The zero-order valence-corrected chi connectivity index (χ0v) is 6.93. The van der Waals surface area contributed by atoms with E-state index in [1.807, 2.05) is 24.3 Å². The molecule has 0 bridgehead atoms. The number of para-hydroxylation sites is 1. The summed E-state index contributed by atoms with van der Waals surface area (Å²) in [7, 11) is 0. The van der Waals surface area contributed by atoms with Gasteiger partial charge in [-0.2, -0.15) is 0 Å². The van der Waals surface area contributed by atoms with Crippen LogP contribution in [0.25, 0.3) is 0 Å². The summed E-state index contributed by atoms with van der Waals surface area (Å²) in [6.07, 6.45) is -0.780. The molecule has 1 N–H and O–H groups in total. The molecule has 2 unspecified atom stereocenters. The molecule has 1 aliphatic heterocycles. The first-order valence-electron chi connectivity index (χ1n) is 4.02. The first kappa shape index (κ1) is 8.04. The lowest BCUT2D eigenvalue weighted by atomic mass is 10.0. The molecule has 0 amide bonds. The van der Waals surface area contributed by atoms with Crippen molar-refractivity contribution in [1.29, 1.82) is 0 Å². The summed E-state index contributed by atoms with van der Waals surface area (Å²) < 4.78 is 0. The summed E-state index contributed by atoms with van der Waals surface area (Å²) in [5.41, 5.74) is 1.74. The fraction of sp³-hybridized carbons (Fsp3) is 0.222. The van der Waals surface area contributed by atoms with Crippen molar-refractivity contribution in [2.75, 3.05) is 5.32 Å². The normalized spacial score (nSPS) is 25.0. The van der Waals surface area contributed by atoms with Gasteiger partial charge in [0.25, 0.3) is 6.17 Å². The predicted molar refractivity (Wildman–Crippen MR) is 48.9 cm³/mol. The van der Waals surface area contributed by atoms with Gasteiger partial charge >= 0.3 is 0 Å². The lowest BCUT2D eigenvalue weighted by Crippen LogP contribution is -2.28. The van der Waals surface area contributed by atoms with Crippen molar-refractivity contribution >= 4 is 5.69 Å². The number of nitro groups is 1. The number of nitrogens with one attached hydrogen (secondary N) is 1. The van der Waals surface area contributed by atoms with Crippen LogP contribution in [-0.4, -0.2) is 11.1 Å². The van der Waals surface area contributed by atoms with Crippen LogP contribution in [0.15, 0.2) is 24.3 Å². The van der Waals surface area contributed by atoms with Gasteiger partial charge in [0.2, 0.25) is 0 Å². The molecular formula is C9H9N2O2. The van der Waals surface area contributed by atoms with Crippen molar-refractivity contribution in [3.05, 3.63) is 46.9 Å². The van der Waals surface area contributed by atoms with Crippen LogP contribution in [0.2, 0.25) is 0 Å². The summed E-state index contributed by atoms with van der Waals surface area (Å²) in [5.74, 6) is -0.300. The third-order valence-electron chi connectivity index (χ3n) is 2.27. The highest BCUT2D eigenvalue weighted by atomic mass is 16.6. The van der Waals surface area contributed by atoms with Gasteiger partial charge in [-0.05, 0) is 18.6 Å². The molecule has 0 aliphatic carbocycles. The van der Waals surface area contributed by atoms with Crippen molar-refractivity contribution in [2.24, 2.45) is 0 Å². The van der Waals surface area contributed by atoms with Gasteiger partial charge in [0.15, 0.2) is 0 Å². The van der Waals surface area contributed by atoms with Crippen molar-refractivity contribution in [3.8, 4) is 0 Å². The Labute approximate surface area is 75.7 Å². The van der Waals surface area contributed by atoms with Crippen molar-refractivity contribution in [1.82, 2.24) is 0 Å². The fourth-order valence-corrected chi connectivity index (χ4v) is 1.58. The largest absolute Gasteiger partial charge is 0.323 e. The molecular weight excluding hydrogens is 168 g/mol. The highest BCUT2D eigenvalue weighted by molar-refractivity contribution is 5.58. The molecule has 1 radical (unpaired) electrons. The summed E-state index contributed by atoms with van der Waals surface area (Å²) in [6, 6.07) is 7.41. The molecule has 2 rings (SSSR count). The molecule has 0 saturated carbocycles.